The van der Waals surface area contributed by atoms with E-state index in [1.165, 1.54) is 0 Å². The number of hydrogen-bond acceptors (Lipinski definition) is 7. The Hall–Kier alpha value is -3.22. The van der Waals surface area contributed by atoms with Gasteiger partial charge in [-0.1, -0.05) is 0 Å². The second-order valence-corrected chi connectivity index (χ2v) is 7.92. The van der Waals surface area contributed by atoms with E-state index in [0.29, 0.717) is 12.8 Å². The Morgan fingerprint density at radius 3 is 1.97 bits per heavy atom. The molecule has 4 atom stereocenters. The Kier molecular flexibility index (Phi) is 8.52. The highest BCUT2D eigenvalue weighted by atomic mass is 16.4. The number of hydrogen-bond donors (Lipinski definition) is 5. The topological polar surface area (TPSA) is 208 Å². The molecule has 6 N–H and O–H groups in total. The third-order valence-corrected chi connectivity index (χ3v) is 5.63. The Morgan fingerprint density at radius 2 is 1.44 bits per heavy atom. The fraction of sp³-hybridized carbons (Fsp3) is 0.684. The van der Waals surface area contributed by atoms with Crippen LogP contribution in [0.4, 0.5) is 0 Å². The maximum absolute atomic E-state index is 13.0. The first-order valence-corrected chi connectivity index (χ1v) is 10.4. The van der Waals surface area contributed by atoms with E-state index in [1.807, 2.05) is 0 Å². The highest BCUT2D eigenvalue weighted by Gasteiger charge is 2.41. The van der Waals surface area contributed by atoms with Crippen LogP contribution in [0, 0.1) is 0 Å². The summed E-state index contributed by atoms with van der Waals surface area (Å²) < 4.78 is 0. The van der Waals surface area contributed by atoms with E-state index in [1.54, 1.807) is 0 Å². The van der Waals surface area contributed by atoms with E-state index < -0.39 is 72.6 Å². The highest BCUT2D eigenvalue weighted by Crippen LogP contribution is 2.22. The van der Waals surface area contributed by atoms with Crippen molar-refractivity contribution in [2.24, 2.45) is 5.73 Å². The highest BCUT2D eigenvalue weighted by molar-refractivity contribution is 5.95. The van der Waals surface area contributed by atoms with Crippen molar-refractivity contribution in [2.75, 3.05) is 13.1 Å². The van der Waals surface area contributed by atoms with Gasteiger partial charge in [0, 0.05) is 19.5 Å². The first-order valence-electron chi connectivity index (χ1n) is 10.4. The number of nitrogens with two attached hydrogens (primary N) is 1. The number of amides is 3. The molecule has 178 valence electrons. The fourth-order valence-corrected chi connectivity index (χ4v) is 4.07. The first kappa shape index (κ1) is 25.0. The molecular formula is C19H28N4O9. The first-order chi connectivity index (χ1) is 15.0. The molecule has 2 saturated heterocycles. The van der Waals surface area contributed by atoms with Crippen LogP contribution >= 0.6 is 0 Å². The Balaban J connectivity index is 2.13. The minimum atomic E-state index is -1.33. The normalized spacial score (nSPS) is 22.3. The van der Waals surface area contributed by atoms with Crippen LogP contribution in [0.1, 0.15) is 44.9 Å². The van der Waals surface area contributed by atoms with Gasteiger partial charge in [0.25, 0.3) is 0 Å². The van der Waals surface area contributed by atoms with Gasteiger partial charge in [0.15, 0.2) is 0 Å². The van der Waals surface area contributed by atoms with Crippen LogP contribution in [-0.2, 0) is 28.8 Å². The molecule has 3 amide bonds. The number of carboxylic acid groups (broad SMARTS) is 3. The van der Waals surface area contributed by atoms with Crippen molar-refractivity contribution < 1.29 is 44.1 Å². The fourth-order valence-electron chi connectivity index (χ4n) is 4.07. The average Bonchev–Trinajstić information content (AvgIpc) is 3.38. The molecule has 0 aliphatic carbocycles. The summed E-state index contributed by atoms with van der Waals surface area (Å²) in [4.78, 5) is 73.9. The summed E-state index contributed by atoms with van der Waals surface area (Å²) in [5.74, 6) is -5.73. The van der Waals surface area contributed by atoms with Crippen molar-refractivity contribution in [1.29, 1.82) is 0 Å². The molecule has 13 heteroatoms. The summed E-state index contributed by atoms with van der Waals surface area (Å²) in [6, 6.07) is -4.64. The number of aliphatic carboxylic acids is 3. The maximum atomic E-state index is 13.0. The van der Waals surface area contributed by atoms with Crippen LogP contribution in [0.5, 0.6) is 0 Å². The molecule has 4 unspecified atom stereocenters. The third kappa shape index (κ3) is 6.15. The lowest BCUT2D eigenvalue weighted by molar-refractivity contribution is -0.150. The quantitative estimate of drug-likeness (QED) is 0.249. The molecule has 0 spiro atoms. The number of rotatable bonds is 10. The SMILES string of the molecule is NC(CC(=O)O)C(=O)N1CCCC1C(=O)NC(CCC(=O)O)C(=O)N1CCCC1C(=O)O. The molecule has 0 aromatic rings. The van der Waals surface area contributed by atoms with Crippen molar-refractivity contribution in [3.05, 3.63) is 0 Å². The van der Waals surface area contributed by atoms with E-state index in [4.69, 9.17) is 15.9 Å². The van der Waals surface area contributed by atoms with E-state index in [9.17, 15) is 33.9 Å². The standard InChI is InChI=1S/C19H28N4O9/c20-10(9-15(26)27)17(29)22-7-1-3-12(22)16(28)21-11(5-6-14(24)25)18(30)23-8-2-4-13(23)19(31)32/h10-13H,1-9,20H2,(H,21,28)(H,24,25)(H,26,27)(H,31,32). The number of likely N-dealkylation sites (tertiary alicyclic amines) is 2. The third-order valence-electron chi connectivity index (χ3n) is 5.63. The van der Waals surface area contributed by atoms with E-state index in [2.05, 4.69) is 5.32 Å². The van der Waals surface area contributed by atoms with Crippen LogP contribution in [0.2, 0.25) is 0 Å². The largest absolute Gasteiger partial charge is 0.481 e. The number of nitrogens with one attached hydrogen (secondary N) is 1. The van der Waals surface area contributed by atoms with Crippen molar-refractivity contribution in [1.82, 2.24) is 15.1 Å². The van der Waals surface area contributed by atoms with Gasteiger partial charge in [-0.15, -0.1) is 0 Å². The maximum Gasteiger partial charge on any atom is 0.326 e. The van der Waals surface area contributed by atoms with Gasteiger partial charge in [-0.3, -0.25) is 24.0 Å². The van der Waals surface area contributed by atoms with Crippen LogP contribution in [0.3, 0.4) is 0 Å². The predicted molar refractivity (Wildman–Crippen MR) is 106 cm³/mol. The lowest BCUT2D eigenvalue weighted by Gasteiger charge is -2.30. The van der Waals surface area contributed by atoms with Gasteiger partial charge in [-0.05, 0) is 32.1 Å². The molecule has 0 aromatic carbocycles. The van der Waals surface area contributed by atoms with Crippen molar-refractivity contribution in [3.63, 3.8) is 0 Å². The Morgan fingerprint density at radius 1 is 0.875 bits per heavy atom. The van der Waals surface area contributed by atoms with E-state index >= 15 is 0 Å². The number of carboxylic acids is 3. The van der Waals surface area contributed by atoms with E-state index in [0.717, 1.165) is 9.80 Å². The van der Waals surface area contributed by atoms with Crippen LogP contribution in [0.15, 0.2) is 0 Å². The lowest BCUT2D eigenvalue weighted by Crippen LogP contribution is -2.56. The lowest BCUT2D eigenvalue weighted by atomic mass is 10.1. The molecule has 2 aliphatic rings. The predicted octanol–water partition coefficient (Wildman–Crippen LogP) is -1.80. The van der Waals surface area contributed by atoms with Gasteiger partial charge >= 0.3 is 17.9 Å². The minimum absolute atomic E-state index is 0.174. The van der Waals surface area contributed by atoms with Crippen LogP contribution < -0.4 is 11.1 Å². The summed E-state index contributed by atoms with van der Waals surface area (Å²) in [7, 11) is 0. The zero-order chi connectivity index (χ0) is 24.0. The Bertz CT molecular complexity index is 787. The molecule has 2 aliphatic heterocycles. The van der Waals surface area contributed by atoms with Gasteiger partial charge in [0.05, 0.1) is 12.5 Å². The Labute approximate surface area is 183 Å². The molecule has 2 fully saturated rings. The van der Waals surface area contributed by atoms with Gasteiger partial charge < -0.3 is 36.2 Å². The molecule has 32 heavy (non-hydrogen) atoms. The second kappa shape index (κ2) is 10.9. The van der Waals surface area contributed by atoms with Gasteiger partial charge in [0.2, 0.25) is 17.7 Å². The molecule has 0 radical (unpaired) electrons. The summed E-state index contributed by atoms with van der Waals surface area (Å²) >= 11 is 0. The van der Waals surface area contributed by atoms with Crippen molar-refractivity contribution >= 4 is 35.6 Å². The number of nitrogens with zero attached hydrogens (tertiary/aromatic N) is 2. The van der Waals surface area contributed by atoms with Crippen molar-refractivity contribution in [2.45, 2.75) is 69.1 Å². The van der Waals surface area contributed by atoms with Crippen LogP contribution in [0.25, 0.3) is 0 Å². The summed E-state index contributed by atoms with van der Waals surface area (Å²) in [6.45, 7) is 0.360. The molecular weight excluding hydrogens is 428 g/mol. The molecule has 2 heterocycles. The number of carbonyl (C=O) groups is 6. The number of carbonyl (C=O) groups excluding carboxylic acids is 3. The van der Waals surface area contributed by atoms with Gasteiger partial charge in [0.1, 0.15) is 18.1 Å². The molecule has 0 bridgehead atoms. The molecule has 2 rings (SSSR count). The van der Waals surface area contributed by atoms with E-state index in [-0.39, 0.29) is 32.4 Å². The molecule has 0 saturated carbocycles. The van der Waals surface area contributed by atoms with Crippen LogP contribution in [-0.4, -0.2) is 98.0 Å². The summed E-state index contributed by atoms with van der Waals surface area (Å²) in [5.41, 5.74) is 5.63. The van der Waals surface area contributed by atoms with Gasteiger partial charge in [-0.25, -0.2) is 4.79 Å². The smallest absolute Gasteiger partial charge is 0.326 e. The zero-order valence-electron chi connectivity index (χ0n) is 17.4. The second-order valence-electron chi connectivity index (χ2n) is 7.92. The van der Waals surface area contributed by atoms with Crippen molar-refractivity contribution in [3.8, 4) is 0 Å². The summed E-state index contributed by atoms with van der Waals surface area (Å²) in [5, 5.41) is 29.6. The molecule has 13 nitrogen and oxygen atoms in total. The zero-order valence-corrected chi connectivity index (χ0v) is 17.4. The monoisotopic (exact) mass is 456 g/mol. The summed E-state index contributed by atoms with van der Waals surface area (Å²) in [6.07, 6.45) is 0.168. The average molecular weight is 456 g/mol. The minimum Gasteiger partial charge on any atom is -0.481 e. The van der Waals surface area contributed by atoms with Gasteiger partial charge in [-0.2, -0.15) is 0 Å². The molecule has 0 aromatic heterocycles.